The van der Waals surface area contributed by atoms with E-state index in [2.05, 4.69) is 0 Å². The third-order valence-corrected chi connectivity index (χ3v) is 3.34. The van der Waals surface area contributed by atoms with Crippen molar-refractivity contribution in [3.05, 3.63) is 65.7 Å². The van der Waals surface area contributed by atoms with Crippen molar-refractivity contribution in [2.75, 3.05) is 6.61 Å². The Morgan fingerprint density at radius 2 is 1.75 bits per heavy atom. The van der Waals surface area contributed by atoms with Crippen LogP contribution in [0.5, 0.6) is 5.75 Å². The molecule has 20 heavy (non-hydrogen) atoms. The van der Waals surface area contributed by atoms with E-state index in [4.69, 9.17) is 16.3 Å². The van der Waals surface area contributed by atoms with Crippen molar-refractivity contribution in [1.29, 1.82) is 0 Å². The van der Waals surface area contributed by atoms with Gasteiger partial charge in [-0.2, -0.15) is 0 Å². The number of rotatable bonds is 6. The Hall–Kier alpha value is -1.80. The maximum absolute atomic E-state index is 12.2. The van der Waals surface area contributed by atoms with Gasteiger partial charge in [0.2, 0.25) is 0 Å². The molecule has 104 valence electrons. The predicted octanol–water partition coefficient (Wildman–Crippen LogP) is 4.12. The van der Waals surface area contributed by atoms with Gasteiger partial charge in [-0.25, -0.2) is 0 Å². The van der Waals surface area contributed by atoms with Gasteiger partial charge in [0.25, 0.3) is 0 Å². The van der Waals surface area contributed by atoms with Crippen molar-refractivity contribution in [1.82, 2.24) is 0 Å². The lowest BCUT2D eigenvalue weighted by atomic mass is 10.0. The Labute approximate surface area is 124 Å². The minimum absolute atomic E-state index is 0.0406. The summed E-state index contributed by atoms with van der Waals surface area (Å²) in [5, 5.41) is -0.546. The molecule has 0 heterocycles. The standard InChI is InChI=1S/C17H17ClO2/c1-2-20-15-10-8-13(9-11-15)12-16(18)17(19)14-6-4-3-5-7-14/h3-11,16H,2,12H2,1H3. The topological polar surface area (TPSA) is 26.3 Å². The fraction of sp³-hybridized carbons (Fsp3) is 0.235. The summed E-state index contributed by atoms with van der Waals surface area (Å²) in [6.07, 6.45) is 0.516. The molecule has 2 nitrogen and oxygen atoms in total. The van der Waals surface area contributed by atoms with Crippen molar-refractivity contribution in [2.24, 2.45) is 0 Å². The Bertz CT molecular complexity index is 549. The number of halogens is 1. The maximum atomic E-state index is 12.2. The van der Waals surface area contributed by atoms with E-state index in [-0.39, 0.29) is 5.78 Å². The van der Waals surface area contributed by atoms with Crippen LogP contribution in [0.25, 0.3) is 0 Å². The fourth-order valence-corrected chi connectivity index (χ4v) is 2.28. The average molecular weight is 289 g/mol. The summed E-state index contributed by atoms with van der Waals surface area (Å²) < 4.78 is 5.38. The highest BCUT2D eigenvalue weighted by molar-refractivity contribution is 6.34. The van der Waals surface area contributed by atoms with Crippen molar-refractivity contribution in [3.63, 3.8) is 0 Å². The van der Waals surface area contributed by atoms with E-state index in [1.807, 2.05) is 49.4 Å². The molecule has 1 atom stereocenters. The number of carbonyl (C=O) groups excluding carboxylic acids is 1. The third kappa shape index (κ3) is 3.84. The van der Waals surface area contributed by atoms with E-state index < -0.39 is 5.38 Å². The van der Waals surface area contributed by atoms with Crippen LogP contribution in [-0.4, -0.2) is 17.8 Å². The zero-order chi connectivity index (χ0) is 14.4. The number of ether oxygens (including phenoxy) is 1. The first-order chi connectivity index (χ1) is 9.70. The maximum Gasteiger partial charge on any atom is 0.180 e. The van der Waals surface area contributed by atoms with Gasteiger partial charge < -0.3 is 4.74 Å². The monoisotopic (exact) mass is 288 g/mol. The van der Waals surface area contributed by atoms with Crippen LogP contribution in [0.4, 0.5) is 0 Å². The summed E-state index contributed by atoms with van der Waals surface area (Å²) in [7, 11) is 0. The SMILES string of the molecule is CCOc1ccc(CC(Cl)C(=O)c2ccccc2)cc1. The number of ketones is 1. The molecular weight excluding hydrogens is 272 g/mol. The second kappa shape index (κ2) is 7.11. The van der Waals surface area contributed by atoms with Gasteiger partial charge in [-0.05, 0) is 31.0 Å². The molecule has 0 spiro atoms. The summed E-state index contributed by atoms with van der Waals surface area (Å²) in [6, 6.07) is 16.8. The van der Waals surface area contributed by atoms with Crippen molar-refractivity contribution >= 4 is 17.4 Å². The highest BCUT2D eigenvalue weighted by Crippen LogP contribution is 2.17. The molecule has 0 bridgehead atoms. The molecule has 0 fully saturated rings. The molecule has 1 unspecified atom stereocenters. The minimum atomic E-state index is -0.546. The van der Waals surface area contributed by atoms with Gasteiger partial charge in [0, 0.05) is 5.56 Å². The number of benzene rings is 2. The number of Topliss-reactive ketones (excluding diaryl/α,β-unsaturated/α-hetero) is 1. The van der Waals surface area contributed by atoms with Gasteiger partial charge >= 0.3 is 0 Å². The van der Waals surface area contributed by atoms with Crippen LogP contribution in [0.15, 0.2) is 54.6 Å². The summed E-state index contributed by atoms with van der Waals surface area (Å²) in [4.78, 5) is 12.2. The Balaban J connectivity index is 2.00. The molecule has 2 rings (SSSR count). The highest BCUT2D eigenvalue weighted by Gasteiger charge is 2.17. The van der Waals surface area contributed by atoms with Crippen LogP contribution in [0.1, 0.15) is 22.8 Å². The van der Waals surface area contributed by atoms with E-state index in [9.17, 15) is 4.79 Å². The largest absolute Gasteiger partial charge is 0.494 e. The molecule has 2 aromatic carbocycles. The second-order valence-corrected chi connectivity index (χ2v) is 5.01. The van der Waals surface area contributed by atoms with Gasteiger partial charge in [0.15, 0.2) is 5.78 Å². The van der Waals surface area contributed by atoms with Crippen LogP contribution in [0.3, 0.4) is 0 Å². The van der Waals surface area contributed by atoms with E-state index in [0.29, 0.717) is 18.6 Å². The summed E-state index contributed by atoms with van der Waals surface area (Å²) >= 11 is 6.22. The van der Waals surface area contributed by atoms with Gasteiger partial charge in [0.05, 0.1) is 6.61 Å². The highest BCUT2D eigenvalue weighted by atomic mass is 35.5. The minimum Gasteiger partial charge on any atom is -0.494 e. The first-order valence-corrected chi connectivity index (χ1v) is 7.09. The molecule has 0 aliphatic rings. The van der Waals surface area contributed by atoms with Gasteiger partial charge in [-0.15, -0.1) is 11.6 Å². The number of hydrogen-bond acceptors (Lipinski definition) is 2. The molecule has 0 N–H and O–H groups in total. The van der Waals surface area contributed by atoms with E-state index in [0.717, 1.165) is 11.3 Å². The van der Waals surface area contributed by atoms with Gasteiger partial charge in [-0.1, -0.05) is 42.5 Å². The summed E-state index contributed by atoms with van der Waals surface area (Å²) in [5.41, 5.74) is 1.68. The third-order valence-electron chi connectivity index (χ3n) is 2.99. The predicted molar refractivity (Wildman–Crippen MR) is 81.7 cm³/mol. The Morgan fingerprint density at radius 1 is 1.10 bits per heavy atom. The van der Waals surface area contributed by atoms with Crippen LogP contribution >= 0.6 is 11.6 Å². The molecule has 3 heteroatoms. The summed E-state index contributed by atoms with van der Waals surface area (Å²) in [6.45, 7) is 2.59. The molecule has 0 aliphatic heterocycles. The molecule has 0 aromatic heterocycles. The van der Waals surface area contributed by atoms with Crippen LogP contribution in [0, 0.1) is 0 Å². The van der Waals surface area contributed by atoms with Crippen LogP contribution < -0.4 is 4.74 Å². The average Bonchev–Trinajstić information content (AvgIpc) is 2.49. The molecule has 0 amide bonds. The van der Waals surface area contributed by atoms with Crippen molar-refractivity contribution < 1.29 is 9.53 Å². The lowest BCUT2D eigenvalue weighted by Crippen LogP contribution is -2.17. The molecule has 0 saturated heterocycles. The summed E-state index contributed by atoms with van der Waals surface area (Å²) in [5.74, 6) is 0.790. The van der Waals surface area contributed by atoms with Crippen molar-refractivity contribution in [2.45, 2.75) is 18.7 Å². The number of carbonyl (C=O) groups is 1. The normalized spacial score (nSPS) is 11.9. The lowest BCUT2D eigenvalue weighted by molar-refractivity contribution is 0.0986. The number of alkyl halides is 1. The quantitative estimate of drug-likeness (QED) is 0.590. The van der Waals surface area contributed by atoms with Crippen LogP contribution in [0.2, 0.25) is 0 Å². The van der Waals surface area contributed by atoms with Crippen LogP contribution in [-0.2, 0) is 6.42 Å². The van der Waals surface area contributed by atoms with Gasteiger partial charge in [0.1, 0.15) is 11.1 Å². The van der Waals surface area contributed by atoms with Gasteiger partial charge in [-0.3, -0.25) is 4.79 Å². The molecule has 0 saturated carbocycles. The Morgan fingerprint density at radius 3 is 2.35 bits per heavy atom. The zero-order valence-corrected chi connectivity index (χ0v) is 12.1. The van der Waals surface area contributed by atoms with Crippen molar-refractivity contribution in [3.8, 4) is 5.75 Å². The smallest absolute Gasteiger partial charge is 0.180 e. The first-order valence-electron chi connectivity index (χ1n) is 6.65. The molecular formula is C17H17ClO2. The fourth-order valence-electron chi connectivity index (χ4n) is 1.97. The molecule has 2 aromatic rings. The first kappa shape index (κ1) is 14.6. The molecule has 0 aliphatic carbocycles. The van der Waals surface area contributed by atoms with E-state index in [1.165, 1.54) is 0 Å². The second-order valence-electron chi connectivity index (χ2n) is 4.48. The zero-order valence-electron chi connectivity index (χ0n) is 11.4. The van der Waals surface area contributed by atoms with E-state index >= 15 is 0 Å². The Kier molecular flexibility index (Phi) is 5.19. The van der Waals surface area contributed by atoms with E-state index in [1.54, 1.807) is 12.1 Å². The number of hydrogen-bond donors (Lipinski definition) is 0. The molecule has 0 radical (unpaired) electrons. The lowest BCUT2D eigenvalue weighted by Gasteiger charge is -2.09.